The minimum Gasteiger partial charge on any atom is -0.548 e. The summed E-state index contributed by atoms with van der Waals surface area (Å²) in [5.41, 5.74) is 3.89. The fraction of sp³-hybridized carbons (Fsp3) is 0.250. The Morgan fingerprint density at radius 2 is 1.76 bits per heavy atom. The second-order valence-corrected chi connectivity index (χ2v) is 9.31. The standard InChI is InChI=1S/C28H26N2O7/c1-13-15(3)36-24-11-25-20(10-19(13)24)14(2)18(28(35)37-25)5-7-26(32)30-23(27(33)34)8-16-12-29-22-6-4-17(31)9-21(16)22/h4,6,9-12,23,29,31H,5,7-8H2,1-3H3,(H,30,32)(H,33,34)/p-1/t23-/m1/s1. The van der Waals surface area contributed by atoms with Crippen molar-refractivity contribution in [3.8, 4) is 5.75 Å². The number of nitrogens with one attached hydrogen (secondary N) is 2. The van der Waals surface area contributed by atoms with E-state index in [0.717, 1.165) is 27.6 Å². The number of aryl methyl sites for hydroxylation is 3. The Kier molecular flexibility index (Phi) is 5.99. The topological polar surface area (TPSA) is 149 Å². The molecule has 0 saturated carbocycles. The fourth-order valence-electron chi connectivity index (χ4n) is 4.77. The van der Waals surface area contributed by atoms with Crippen LogP contribution < -0.4 is 16.0 Å². The number of hydrogen-bond acceptors (Lipinski definition) is 7. The molecule has 0 aliphatic heterocycles. The highest BCUT2D eigenvalue weighted by molar-refractivity contribution is 5.97. The van der Waals surface area contributed by atoms with Crippen molar-refractivity contribution in [2.75, 3.05) is 0 Å². The molecular weight excluding hydrogens is 476 g/mol. The molecule has 1 atom stereocenters. The number of carbonyl (C=O) groups excluding carboxylic acids is 2. The van der Waals surface area contributed by atoms with Gasteiger partial charge in [-0.2, -0.15) is 0 Å². The van der Waals surface area contributed by atoms with Crippen LogP contribution in [0.5, 0.6) is 5.75 Å². The van der Waals surface area contributed by atoms with Crippen LogP contribution in [-0.2, 0) is 22.4 Å². The fourth-order valence-corrected chi connectivity index (χ4v) is 4.77. The van der Waals surface area contributed by atoms with Gasteiger partial charge in [0.05, 0.1) is 12.0 Å². The van der Waals surface area contributed by atoms with E-state index in [1.807, 2.05) is 19.9 Å². The molecule has 190 valence electrons. The van der Waals surface area contributed by atoms with E-state index in [9.17, 15) is 24.6 Å². The molecule has 0 unspecified atom stereocenters. The van der Waals surface area contributed by atoms with Crippen molar-refractivity contribution in [1.29, 1.82) is 0 Å². The number of amides is 1. The molecule has 9 heteroatoms. The smallest absolute Gasteiger partial charge is 0.339 e. The number of benzene rings is 2. The van der Waals surface area contributed by atoms with Crippen molar-refractivity contribution in [1.82, 2.24) is 10.3 Å². The third-order valence-electron chi connectivity index (χ3n) is 6.98. The number of aliphatic carboxylic acids is 1. The van der Waals surface area contributed by atoms with Gasteiger partial charge in [-0.25, -0.2) is 4.79 Å². The van der Waals surface area contributed by atoms with Gasteiger partial charge in [-0.15, -0.1) is 0 Å². The molecule has 0 bridgehead atoms. The number of phenolic OH excluding ortho intramolecular Hbond substituents is 1. The van der Waals surface area contributed by atoms with E-state index < -0.39 is 23.5 Å². The van der Waals surface area contributed by atoms with Gasteiger partial charge in [0.2, 0.25) is 5.91 Å². The zero-order chi connectivity index (χ0) is 26.4. The largest absolute Gasteiger partial charge is 0.548 e. The zero-order valence-electron chi connectivity index (χ0n) is 20.6. The van der Waals surface area contributed by atoms with Crippen LogP contribution in [-0.4, -0.2) is 28.0 Å². The highest BCUT2D eigenvalue weighted by atomic mass is 16.4. The van der Waals surface area contributed by atoms with Gasteiger partial charge >= 0.3 is 5.63 Å². The number of carboxylic acids is 1. The molecule has 9 nitrogen and oxygen atoms in total. The maximum absolute atomic E-state index is 12.7. The summed E-state index contributed by atoms with van der Waals surface area (Å²) >= 11 is 0. The summed E-state index contributed by atoms with van der Waals surface area (Å²) in [5, 5.41) is 26.4. The van der Waals surface area contributed by atoms with E-state index in [2.05, 4.69) is 10.3 Å². The summed E-state index contributed by atoms with van der Waals surface area (Å²) in [4.78, 5) is 40.2. The lowest BCUT2D eigenvalue weighted by molar-refractivity contribution is -0.308. The first kappa shape index (κ1) is 24.2. The van der Waals surface area contributed by atoms with E-state index in [1.165, 1.54) is 12.1 Å². The van der Waals surface area contributed by atoms with Crippen molar-refractivity contribution in [2.24, 2.45) is 0 Å². The molecule has 0 radical (unpaired) electrons. The van der Waals surface area contributed by atoms with Gasteiger partial charge in [-0.05, 0) is 68.1 Å². The molecule has 0 aliphatic rings. The van der Waals surface area contributed by atoms with E-state index in [4.69, 9.17) is 8.83 Å². The van der Waals surface area contributed by atoms with Gasteiger partial charge in [0.25, 0.3) is 0 Å². The molecule has 5 rings (SSSR count). The van der Waals surface area contributed by atoms with Crippen molar-refractivity contribution in [2.45, 2.75) is 46.1 Å². The van der Waals surface area contributed by atoms with Gasteiger partial charge in [0.15, 0.2) is 0 Å². The molecule has 5 aromatic rings. The Balaban J connectivity index is 1.34. The van der Waals surface area contributed by atoms with Crippen LogP contribution in [0.25, 0.3) is 32.8 Å². The first-order valence-electron chi connectivity index (χ1n) is 11.9. The molecule has 0 spiro atoms. The summed E-state index contributed by atoms with van der Waals surface area (Å²) in [7, 11) is 0. The summed E-state index contributed by atoms with van der Waals surface area (Å²) < 4.78 is 11.3. The molecule has 3 heterocycles. The number of aromatic nitrogens is 1. The lowest BCUT2D eigenvalue weighted by Gasteiger charge is -2.19. The first-order valence-corrected chi connectivity index (χ1v) is 11.9. The molecule has 1 amide bonds. The second-order valence-electron chi connectivity index (χ2n) is 9.31. The van der Waals surface area contributed by atoms with E-state index in [1.54, 1.807) is 25.3 Å². The van der Waals surface area contributed by atoms with Gasteiger partial charge in [0.1, 0.15) is 22.7 Å². The average Bonchev–Trinajstić information content (AvgIpc) is 3.36. The maximum atomic E-state index is 12.7. The Labute approximate surface area is 210 Å². The number of aromatic hydroxyl groups is 1. The lowest BCUT2D eigenvalue weighted by atomic mass is 10.00. The minimum absolute atomic E-state index is 0.0336. The predicted molar refractivity (Wildman–Crippen MR) is 135 cm³/mol. The highest BCUT2D eigenvalue weighted by Crippen LogP contribution is 2.31. The highest BCUT2D eigenvalue weighted by Gasteiger charge is 2.19. The van der Waals surface area contributed by atoms with Crippen LogP contribution in [0.2, 0.25) is 0 Å². The van der Waals surface area contributed by atoms with Crippen molar-refractivity contribution >= 4 is 44.7 Å². The number of carbonyl (C=O) groups is 2. The lowest BCUT2D eigenvalue weighted by Crippen LogP contribution is -2.49. The minimum atomic E-state index is -1.43. The number of carboxylic acid groups (broad SMARTS) is 1. The first-order chi connectivity index (χ1) is 17.6. The third-order valence-corrected chi connectivity index (χ3v) is 6.98. The number of fused-ring (bicyclic) bond motifs is 3. The molecule has 2 aromatic carbocycles. The summed E-state index contributed by atoms with van der Waals surface area (Å²) in [6.45, 7) is 5.63. The normalized spacial score (nSPS) is 12.4. The number of phenols is 1. The quantitative estimate of drug-likeness (QED) is 0.290. The van der Waals surface area contributed by atoms with Gasteiger partial charge < -0.3 is 34.1 Å². The van der Waals surface area contributed by atoms with Crippen molar-refractivity contribution < 1.29 is 28.6 Å². The van der Waals surface area contributed by atoms with Crippen LogP contribution >= 0.6 is 0 Å². The Morgan fingerprint density at radius 3 is 2.51 bits per heavy atom. The Morgan fingerprint density at radius 1 is 1.03 bits per heavy atom. The van der Waals surface area contributed by atoms with Crippen LogP contribution in [0, 0.1) is 20.8 Å². The zero-order valence-corrected chi connectivity index (χ0v) is 20.6. The van der Waals surface area contributed by atoms with Crippen LogP contribution in [0.15, 0.2) is 50.2 Å². The van der Waals surface area contributed by atoms with Crippen LogP contribution in [0.3, 0.4) is 0 Å². The van der Waals surface area contributed by atoms with Crippen molar-refractivity contribution in [3.63, 3.8) is 0 Å². The summed E-state index contributed by atoms with van der Waals surface area (Å²) in [5.74, 6) is -1.13. The van der Waals surface area contributed by atoms with Crippen molar-refractivity contribution in [3.05, 3.63) is 75.0 Å². The SMILES string of the molecule is Cc1oc2cc3oc(=O)c(CCC(=O)N[C@H](Cc4c[nH]c5ccc(O)cc45)C(=O)[O-])c(C)c3cc2c1C. The molecular formula is C28H25N2O7-. The molecule has 3 aromatic heterocycles. The Hall–Kier alpha value is -4.53. The number of aromatic amines is 1. The molecule has 0 fully saturated rings. The van der Waals surface area contributed by atoms with Crippen LogP contribution in [0.1, 0.15) is 34.4 Å². The number of hydrogen-bond donors (Lipinski definition) is 3. The second kappa shape index (κ2) is 9.16. The van der Waals surface area contributed by atoms with E-state index in [-0.39, 0.29) is 25.0 Å². The third kappa shape index (κ3) is 4.44. The van der Waals surface area contributed by atoms with Gasteiger partial charge in [-0.3, -0.25) is 4.79 Å². The molecule has 37 heavy (non-hydrogen) atoms. The van der Waals surface area contributed by atoms with E-state index in [0.29, 0.717) is 33.2 Å². The van der Waals surface area contributed by atoms with Gasteiger partial charge in [0, 0.05) is 52.3 Å². The Bertz CT molecular complexity index is 1760. The van der Waals surface area contributed by atoms with Crippen LogP contribution in [0.4, 0.5) is 0 Å². The number of rotatable bonds is 7. The maximum Gasteiger partial charge on any atom is 0.339 e. The summed E-state index contributed by atoms with van der Waals surface area (Å²) in [6, 6.07) is 7.05. The average molecular weight is 502 g/mol. The molecule has 0 saturated heterocycles. The molecule has 0 aliphatic carbocycles. The molecule has 3 N–H and O–H groups in total. The predicted octanol–water partition coefficient (Wildman–Crippen LogP) is 3.06. The monoisotopic (exact) mass is 501 g/mol. The van der Waals surface area contributed by atoms with E-state index >= 15 is 0 Å². The van der Waals surface area contributed by atoms with Gasteiger partial charge in [-0.1, -0.05) is 0 Å². The summed E-state index contributed by atoms with van der Waals surface area (Å²) in [6.07, 6.45) is 1.57. The number of H-pyrrole nitrogens is 1. The number of furan rings is 1.